The number of sulfonamides is 1. The van der Waals surface area contributed by atoms with Gasteiger partial charge in [-0.25, -0.2) is 8.42 Å². The number of hydrogen-bond donors (Lipinski definition) is 1. The molecule has 2 amide bonds. The van der Waals surface area contributed by atoms with Crippen LogP contribution in [0.15, 0.2) is 72.8 Å². The maximum Gasteiger partial charge on any atom is 0.244 e. The summed E-state index contributed by atoms with van der Waals surface area (Å²) < 4.78 is 32.7. The van der Waals surface area contributed by atoms with Gasteiger partial charge < -0.3 is 15.0 Å². The van der Waals surface area contributed by atoms with Crippen LogP contribution in [0.2, 0.25) is 10.0 Å². The Morgan fingerprint density at radius 2 is 1.52 bits per heavy atom. The quantitative estimate of drug-likeness (QED) is 0.233. The van der Waals surface area contributed by atoms with Gasteiger partial charge in [0.2, 0.25) is 21.8 Å². The zero-order valence-electron chi connectivity index (χ0n) is 24.2. The molecule has 3 aromatic carbocycles. The second-order valence-electron chi connectivity index (χ2n) is 10.0. The maximum atomic E-state index is 13.9. The van der Waals surface area contributed by atoms with Gasteiger partial charge in [-0.2, -0.15) is 0 Å². The minimum absolute atomic E-state index is 0.0758. The van der Waals surface area contributed by atoms with E-state index >= 15 is 0 Å². The molecule has 3 aromatic rings. The molecule has 0 aliphatic carbocycles. The number of anilines is 1. The molecule has 0 bridgehead atoms. The van der Waals surface area contributed by atoms with Crippen molar-refractivity contribution in [3.8, 4) is 5.75 Å². The van der Waals surface area contributed by atoms with Crippen LogP contribution < -0.4 is 14.4 Å². The molecular weight excluding hydrogens is 597 g/mol. The molecule has 42 heavy (non-hydrogen) atoms. The fourth-order valence-electron chi connectivity index (χ4n) is 4.28. The predicted molar refractivity (Wildman–Crippen MR) is 168 cm³/mol. The van der Waals surface area contributed by atoms with Gasteiger partial charge in [0.05, 0.1) is 11.9 Å². The van der Waals surface area contributed by atoms with Gasteiger partial charge in [-0.05, 0) is 61.7 Å². The highest BCUT2D eigenvalue weighted by Gasteiger charge is 2.33. The molecule has 8 nitrogen and oxygen atoms in total. The van der Waals surface area contributed by atoms with E-state index in [2.05, 4.69) is 5.32 Å². The number of hydrogen-bond acceptors (Lipinski definition) is 5. The molecular formula is C31H37Cl2N3O5S. The largest absolute Gasteiger partial charge is 0.489 e. The van der Waals surface area contributed by atoms with Crippen molar-refractivity contribution in [2.45, 2.75) is 58.8 Å². The van der Waals surface area contributed by atoms with Crippen LogP contribution in [-0.2, 0) is 32.8 Å². The smallest absolute Gasteiger partial charge is 0.244 e. The van der Waals surface area contributed by atoms with Crippen LogP contribution in [-0.4, -0.2) is 50.0 Å². The standard InChI is InChI=1S/C31H37Cl2N3O5S/c1-5-22(3)34-31(38)29(6-2)35(19-26-27(32)13-10-14-28(26)33)30(37)20-36(42(4,39)40)24-15-17-25(18-16-24)41-21-23-11-8-7-9-12-23/h7-18,22,29H,5-6,19-21H2,1-4H3,(H,34,38). The van der Waals surface area contributed by atoms with E-state index in [-0.39, 0.29) is 24.2 Å². The first-order valence-electron chi connectivity index (χ1n) is 13.7. The van der Waals surface area contributed by atoms with Gasteiger partial charge in [0.1, 0.15) is 24.9 Å². The number of rotatable bonds is 14. The molecule has 1 N–H and O–H groups in total. The lowest BCUT2D eigenvalue weighted by Gasteiger charge is -2.33. The molecule has 3 rings (SSSR count). The average Bonchev–Trinajstić information content (AvgIpc) is 2.96. The average molecular weight is 635 g/mol. The van der Waals surface area contributed by atoms with Crippen molar-refractivity contribution >= 4 is 50.7 Å². The molecule has 0 fully saturated rings. The van der Waals surface area contributed by atoms with Gasteiger partial charge in [0.15, 0.2) is 0 Å². The van der Waals surface area contributed by atoms with Crippen LogP contribution >= 0.6 is 23.2 Å². The lowest BCUT2D eigenvalue weighted by Crippen LogP contribution is -2.53. The van der Waals surface area contributed by atoms with E-state index in [1.807, 2.05) is 44.2 Å². The monoisotopic (exact) mass is 633 g/mol. The Hall–Kier alpha value is -3.27. The summed E-state index contributed by atoms with van der Waals surface area (Å²) in [7, 11) is -3.89. The highest BCUT2D eigenvalue weighted by Crippen LogP contribution is 2.28. The summed E-state index contributed by atoms with van der Waals surface area (Å²) in [5, 5.41) is 3.60. The van der Waals surface area contributed by atoms with Crippen LogP contribution in [0.1, 0.15) is 44.7 Å². The predicted octanol–water partition coefficient (Wildman–Crippen LogP) is 6.06. The molecule has 0 aliphatic heterocycles. The Bertz CT molecular complexity index is 1430. The Morgan fingerprint density at radius 1 is 0.905 bits per heavy atom. The number of carbonyl (C=O) groups excluding carboxylic acids is 2. The van der Waals surface area contributed by atoms with Crippen molar-refractivity contribution in [1.82, 2.24) is 10.2 Å². The third-order valence-electron chi connectivity index (χ3n) is 6.83. The molecule has 0 aromatic heterocycles. The van der Waals surface area contributed by atoms with Gasteiger partial charge in [-0.3, -0.25) is 13.9 Å². The van der Waals surface area contributed by atoms with Crippen LogP contribution in [0, 0.1) is 0 Å². The first-order valence-corrected chi connectivity index (χ1v) is 16.3. The minimum Gasteiger partial charge on any atom is -0.489 e. The van der Waals surface area contributed by atoms with E-state index in [1.54, 1.807) is 49.4 Å². The third-order valence-corrected chi connectivity index (χ3v) is 8.68. The summed E-state index contributed by atoms with van der Waals surface area (Å²) in [5.41, 5.74) is 1.74. The maximum absolute atomic E-state index is 13.9. The van der Waals surface area contributed by atoms with E-state index in [9.17, 15) is 18.0 Å². The fourth-order valence-corrected chi connectivity index (χ4v) is 5.64. The summed E-state index contributed by atoms with van der Waals surface area (Å²) >= 11 is 12.9. The first-order chi connectivity index (χ1) is 19.9. The summed E-state index contributed by atoms with van der Waals surface area (Å²) in [6, 6.07) is 20.1. The number of nitrogens with zero attached hydrogens (tertiary/aromatic N) is 2. The summed E-state index contributed by atoms with van der Waals surface area (Å²) in [5.74, 6) is -0.369. The Kier molecular flexibility index (Phi) is 12.1. The molecule has 0 spiro atoms. The highest BCUT2D eigenvalue weighted by molar-refractivity contribution is 7.92. The minimum atomic E-state index is -3.89. The van der Waals surface area contributed by atoms with Gasteiger partial charge in [0.25, 0.3) is 0 Å². The van der Waals surface area contributed by atoms with E-state index in [1.165, 1.54) is 4.90 Å². The van der Waals surface area contributed by atoms with Crippen LogP contribution in [0.4, 0.5) is 5.69 Å². The first kappa shape index (κ1) is 33.2. The second-order valence-corrected chi connectivity index (χ2v) is 12.7. The number of amides is 2. The normalized spacial score (nSPS) is 12.7. The van der Waals surface area contributed by atoms with Crippen molar-refractivity contribution in [1.29, 1.82) is 0 Å². The Morgan fingerprint density at radius 3 is 2.07 bits per heavy atom. The molecule has 0 radical (unpaired) electrons. The van der Waals surface area contributed by atoms with Crippen LogP contribution in [0.5, 0.6) is 5.75 Å². The van der Waals surface area contributed by atoms with Crippen LogP contribution in [0.25, 0.3) is 0 Å². The third kappa shape index (κ3) is 9.11. The van der Waals surface area contributed by atoms with Crippen LogP contribution in [0.3, 0.4) is 0 Å². The topological polar surface area (TPSA) is 96.0 Å². The molecule has 226 valence electrons. The zero-order chi connectivity index (χ0) is 30.9. The summed E-state index contributed by atoms with van der Waals surface area (Å²) in [6.45, 7) is 5.36. The summed E-state index contributed by atoms with van der Waals surface area (Å²) in [6.07, 6.45) is 2.03. The van der Waals surface area contributed by atoms with E-state index in [0.29, 0.717) is 40.8 Å². The Labute approximate surface area is 258 Å². The number of ether oxygens (including phenoxy) is 1. The summed E-state index contributed by atoms with van der Waals surface area (Å²) in [4.78, 5) is 28.6. The number of carbonyl (C=O) groups is 2. The van der Waals surface area contributed by atoms with Crippen molar-refractivity contribution in [3.05, 3.63) is 94.0 Å². The molecule has 11 heteroatoms. The van der Waals surface area contributed by atoms with Gasteiger partial charge in [0, 0.05) is 28.2 Å². The Balaban J connectivity index is 1.89. The highest BCUT2D eigenvalue weighted by atomic mass is 35.5. The molecule has 0 aliphatic rings. The number of benzene rings is 3. The molecule has 2 unspecified atom stereocenters. The zero-order valence-corrected chi connectivity index (χ0v) is 26.5. The molecule has 0 saturated heterocycles. The van der Waals surface area contributed by atoms with E-state index in [4.69, 9.17) is 27.9 Å². The van der Waals surface area contributed by atoms with Gasteiger partial charge >= 0.3 is 0 Å². The van der Waals surface area contributed by atoms with Gasteiger partial charge in [-0.1, -0.05) is 73.4 Å². The molecule has 0 saturated carbocycles. The molecule has 0 heterocycles. The lowest BCUT2D eigenvalue weighted by atomic mass is 10.1. The van der Waals surface area contributed by atoms with E-state index in [0.717, 1.165) is 16.1 Å². The SMILES string of the molecule is CCC(C)NC(=O)C(CC)N(Cc1c(Cl)cccc1Cl)C(=O)CN(c1ccc(OCc2ccccc2)cc1)S(C)(=O)=O. The molecule has 2 atom stereocenters. The number of nitrogens with one attached hydrogen (secondary N) is 1. The second kappa shape index (κ2) is 15.3. The number of halogens is 2. The van der Waals surface area contributed by atoms with Crippen molar-refractivity contribution < 1.29 is 22.7 Å². The van der Waals surface area contributed by atoms with Crippen molar-refractivity contribution in [2.75, 3.05) is 17.1 Å². The van der Waals surface area contributed by atoms with Crippen molar-refractivity contribution in [3.63, 3.8) is 0 Å². The lowest BCUT2D eigenvalue weighted by molar-refractivity contribution is -0.140. The van der Waals surface area contributed by atoms with Gasteiger partial charge in [-0.15, -0.1) is 0 Å². The van der Waals surface area contributed by atoms with E-state index < -0.39 is 28.5 Å². The van der Waals surface area contributed by atoms with Crippen molar-refractivity contribution in [2.24, 2.45) is 0 Å². The fraction of sp³-hybridized carbons (Fsp3) is 0.355.